The molecule has 1 aliphatic heterocycles. The number of nitrogens with zero attached hydrogens (tertiary/aromatic N) is 2. The quantitative estimate of drug-likeness (QED) is 0.768. The van der Waals surface area contributed by atoms with E-state index in [-0.39, 0.29) is 5.82 Å². The maximum Gasteiger partial charge on any atom is 0.401 e. The molecule has 0 unspecified atom stereocenters. The van der Waals surface area contributed by atoms with Gasteiger partial charge < -0.3 is 0 Å². The first-order chi connectivity index (χ1) is 9.33. The van der Waals surface area contributed by atoms with Crippen LogP contribution in [0.2, 0.25) is 0 Å². The molecule has 0 radical (unpaired) electrons. The Kier molecular flexibility index (Phi) is 5.04. The third kappa shape index (κ3) is 4.71. The van der Waals surface area contributed by atoms with E-state index in [0.29, 0.717) is 37.2 Å². The van der Waals surface area contributed by atoms with E-state index in [2.05, 4.69) is 20.8 Å². The van der Waals surface area contributed by atoms with Crippen molar-refractivity contribution in [2.45, 2.75) is 12.7 Å². The number of benzene rings is 1. The normalized spacial score (nSPS) is 18.4. The molecule has 112 valence electrons. The van der Waals surface area contributed by atoms with Gasteiger partial charge in [0.25, 0.3) is 0 Å². The molecule has 1 aromatic carbocycles. The van der Waals surface area contributed by atoms with Gasteiger partial charge in [-0.05, 0) is 17.7 Å². The Morgan fingerprint density at radius 1 is 1.05 bits per heavy atom. The fourth-order valence-corrected chi connectivity index (χ4v) is 2.73. The van der Waals surface area contributed by atoms with Crippen LogP contribution in [0.15, 0.2) is 22.7 Å². The highest BCUT2D eigenvalue weighted by atomic mass is 79.9. The topological polar surface area (TPSA) is 6.48 Å². The predicted octanol–water partition coefficient (Wildman–Crippen LogP) is 3.27. The van der Waals surface area contributed by atoms with Gasteiger partial charge in [-0.15, -0.1) is 0 Å². The number of hydrogen-bond donors (Lipinski definition) is 0. The molecule has 0 aliphatic carbocycles. The molecule has 1 fully saturated rings. The molecule has 20 heavy (non-hydrogen) atoms. The Labute approximate surface area is 123 Å². The summed E-state index contributed by atoms with van der Waals surface area (Å²) in [7, 11) is 0. The van der Waals surface area contributed by atoms with Gasteiger partial charge in [0.1, 0.15) is 5.82 Å². The summed E-state index contributed by atoms with van der Waals surface area (Å²) in [5.41, 5.74) is 0.940. The van der Waals surface area contributed by atoms with E-state index in [9.17, 15) is 17.6 Å². The first kappa shape index (κ1) is 15.7. The first-order valence-electron chi connectivity index (χ1n) is 6.29. The molecular formula is C13H15BrF4N2. The van der Waals surface area contributed by atoms with Crippen LogP contribution in [0.5, 0.6) is 0 Å². The molecule has 0 spiro atoms. The van der Waals surface area contributed by atoms with Crippen LogP contribution in [0, 0.1) is 5.82 Å². The fourth-order valence-electron chi connectivity index (χ4n) is 2.25. The molecule has 1 aromatic rings. The average Bonchev–Trinajstić information content (AvgIpc) is 2.33. The minimum absolute atomic E-state index is 0.310. The molecule has 0 aromatic heterocycles. The van der Waals surface area contributed by atoms with Crippen LogP contribution < -0.4 is 0 Å². The second-order valence-corrected chi connectivity index (χ2v) is 5.76. The summed E-state index contributed by atoms with van der Waals surface area (Å²) in [6, 6.07) is 4.48. The molecule has 0 saturated carbocycles. The summed E-state index contributed by atoms with van der Waals surface area (Å²) in [5.74, 6) is -0.310. The van der Waals surface area contributed by atoms with Crippen LogP contribution in [0.3, 0.4) is 0 Å². The summed E-state index contributed by atoms with van der Waals surface area (Å²) in [6.07, 6.45) is -4.14. The molecule has 7 heteroatoms. The number of hydrogen-bond acceptors (Lipinski definition) is 2. The van der Waals surface area contributed by atoms with Gasteiger partial charge >= 0.3 is 6.18 Å². The second-order valence-electron chi connectivity index (χ2n) is 4.90. The van der Waals surface area contributed by atoms with Crippen LogP contribution in [0.1, 0.15) is 5.56 Å². The summed E-state index contributed by atoms with van der Waals surface area (Å²) in [4.78, 5) is 3.49. The monoisotopic (exact) mass is 354 g/mol. The lowest BCUT2D eigenvalue weighted by atomic mass is 10.2. The number of rotatable bonds is 3. The molecule has 0 bridgehead atoms. The van der Waals surface area contributed by atoms with E-state index in [1.165, 1.54) is 17.0 Å². The summed E-state index contributed by atoms with van der Waals surface area (Å²) in [6.45, 7) is 1.73. The van der Waals surface area contributed by atoms with Gasteiger partial charge in [0.2, 0.25) is 0 Å². The number of alkyl halides is 3. The highest BCUT2D eigenvalue weighted by Gasteiger charge is 2.32. The molecule has 2 nitrogen and oxygen atoms in total. The van der Waals surface area contributed by atoms with E-state index >= 15 is 0 Å². The van der Waals surface area contributed by atoms with Crippen LogP contribution in [-0.2, 0) is 6.54 Å². The minimum Gasteiger partial charge on any atom is -0.297 e. The van der Waals surface area contributed by atoms with Crippen molar-refractivity contribution in [1.29, 1.82) is 0 Å². The zero-order valence-corrected chi connectivity index (χ0v) is 12.3. The van der Waals surface area contributed by atoms with E-state index < -0.39 is 12.7 Å². The fraction of sp³-hybridized carbons (Fsp3) is 0.538. The van der Waals surface area contributed by atoms with Crippen LogP contribution >= 0.6 is 15.9 Å². The largest absolute Gasteiger partial charge is 0.401 e. The van der Waals surface area contributed by atoms with Gasteiger partial charge in [-0.1, -0.05) is 22.0 Å². The van der Waals surface area contributed by atoms with E-state index in [1.807, 2.05) is 0 Å². The molecule has 2 rings (SSSR count). The third-order valence-corrected chi connectivity index (χ3v) is 4.02. The van der Waals surface area contributed by atoms with Crippen molar-refractivity contribution in [2.24, 2.45) is 0 Å². The zero-order valence-electron chi connectivity index (χ0n) is 10.8. The molecule has 1 saturated heterocycles. The van der Waals surface area contributed by atoms with Crippen molar-refractivity contribution < 1.29 is 17.6 Å². The van der Waals surface area contributed by atoms with Crippen molar-refractivity contribution in [3.05, 3.63) is 34.1 Å². The number of piperazine rings is 1. The molecule has 0 atom stereocenters. The van der Waals surface area contributed by atoms with Gasteiger partial charge in [0.05, 0.1) is 6.54 Å². The Morgan fingerprint density at radius 2 is 1.65 bits per heavy atom. The van der Waals surface area contributed by atoms with E-state index in [4.69, 9.17) is 0 Å². The highest BCUT2D eigenvalue weighted by Crippen LogP contribution is 2.21. The second kappa shape index (κ2) is 6.41. The lowest BCUT2D eigenvalue weighted by molar-refractivity contribution is -0.149. The highest BCUT2D eigenvalue weighted by molar-refractivity contribution is 9.10. The van der Waals surface area contributed by atoms with Crippen molar-refractivity contribution in [3.8, 4) is 0 Å². The van der Waals surface area contributed by atoms with Gasteiger partial charge in [-0.25, -0.2) is 4.39 Å². The van der Waals surface area contributed by atoms with Crippen molar-refractivity contribution in [2.75, 3.05) is 32.7 Å². The maximum atomic E-state index is 13.0. The summed E-state index contributed by atoms with van der Waals surface area (Å²) >= 11 is 3.30. The van der Waals surface area contributed by atoms with Crippen LogP contribution in [0.25, 0.3) is 0 Å². The Hall–Kier alpha value is -0.660. The molecule has 1 aliphatic rings. The predicted molar refractivity (Wildman–Crippen MR) is 71.9 cm³/mol. The lowest BCUT2D eigenvalue weighted by Crippen LogP contribution is -2.48. The Balaban J connectivity index is 1.85. The SMILES string of the molecule is Fc1ccc(CN2CCN(CC(F)(F)F)CC2)c(Br)c1. The van der Waals surface area contributed by atoms with E-state index in [0.717, 1.165) is 5.56 Å². The minimum atomic E-state index is -4.14. The zero-order chi connectivity index (χ0) is 14.8. The summed E-state index contributed by atoms with van der Waals surface area (Å²) < 4.78 is 50.5. The Morgan fingerprint density at radius 3 is 2.20 bits per heavy atom. The van der Waals surface area contributed by atoms with Gasteiger partial charge in [0, 0.05) is 37.2 Å². The average molecular weight is 355 g/mol. The molecule has 1 heterocycles. The van der Waals surface area contributed by atoms with Gasteiger partial charge in [-0.3, -0.25) is 9.80 Å². The smallest absolute Gasteiger partial charge is 0.297 e. The van der Waals surface area contributed by atoms with Gasteiger partial charge in [-0.2, -0.15) is 13.2 Å². The van der Waals surface area contributed by atoms with E-state index in [1.54, 1.807) is 6.07 Å². The van der Waals surface area contributed by atoms with Crippen LogP contribution in [-0.4, -0.2) is 48.7 Å². The van der Waals surface area contributed by atoms with Crippen LogP contribution in [0.4, 0.5) is 17.6 Å². The third-order valence-electron chi connectivity index (χ3n) is 3.28. The lowest BCUT2D eigenvalue weighted by Gasteiger charge is -2.35. The first-order valence-corrected chi connectivity index (χ1v) is 7.08. The molecular weight excluding hydrogens is 340 g/mol. The molecule has 0 amide bonds. The maximum absolute atomic E-state index is 13.0. The van der Waals surface area contributed by atoms with Crippen molar-refractivity contribution in [3.63, 3.8) is 0 Å². The van der Waals surface area contributed by atoms with Crippen molar-refractivity contribution >= 4 is 15.9 Å². The Bertz CT molecular complexity index is 456. The van der Waals surface area contributed by atoms with Crippen molar-refractivity contribution in [1.82, 2.24) is 9.80 Å². The summed E-state index contributed by atoms with van der Waals surface area (Å²) in [5, 5.41) is 0. The molecule has 0 N–H and O–H groups in total. The standard InChI is InChI=1S/C13H15BrF4N2/c14-12-7-11(15)2-1-10(12)8-19-3-5-20(6-4-19)9-13(16,17)18/h1-2,7H,3-6,8-9H2. The van der Waals surface area contributed by atoms with Gasteiger partial charge in [0.15, 0.2) is 0 Å². The number of halogens is 5.